The van der Waals surface area contributed by atoms with Crippen molar-refractivity contribution < 1.29 is 0 Å². The zero-order valence-electron chi connectivity index (χ0n) is 7.82. The highest BCUT2D eigenvalue weighted by atomic mass is 16.1. The van der Waals surface area contributed by atoms with Crippen LogP contribution in [0.1, 0.15) is 18.3 Å². The number of aromatic amines is 1. The fourth-order valence-electron chi connectivity index (χ4n) is 1.24. The lowest BCUT2D eigenvalue weighted by Gasteiger charge is -1.94. The topological polar surface area (TPSA) is 89.1 Å². The standard InChI is InChI=1S/C8H11N5O/c1-2-6-11-8-10-4-5(3-9)7(14)13(8)12-6/h4H,2-3,9H2,1H3,(H,10,11,12). The fraction of sp³-hybridized carbons (Fsp3) is 0.375. The van der Waals surface area contributed by atoms with Gasteiger partial charge in [-0.1, -0.05) is 6.92 Å². The maximum Gasteiger partial charge on any atom is 0.278 e. The molecule has 2 aromatic rings. The molecule has 0 saturated heterocycles. The van der Waals surface area contributed by atoms with Gasteiger partial charge < -0.3 is 5.73 Å². The predicted molar refractivity (Wildman–Crippen MR) is 50.9 cm³/mol. The van der Waals surface area contributed by atoms with Gasteiger partial charge in [0.2, 0.25) is 0 Å². The van der Waals surface area contributed by atoms with Crippen LogP contribution in [0.25, 0.3) is 5.78 Å². The van der Waals surface area contributed by atoms with Crippen LogP contribution in [0.5, 0.6) is 0 Å². The summed E-state index contributed by atoms with van der Waals surface area (Å²) >= 11 is 0. The first kappa shape index (κ1) is 8.89. The van der Waals surface area contributed by atoms with Crippen LogP contribution in [0.4, 0.5) is 0 Å². The van der Waals surface area contributed by atoms with Crippen LogP contribution in [0.3, 0.4) is 0 Å². The van der Waals surface area contributed by atoms with E-state index in [1.165, 1.54) is 10.7 Å². The Balaban J connectivity index is 2.75. The SMILES string of the molecule is CCc1nc2ncc(CN)c(=O)n2[nH]1. The normalized spacial score (nSPS) is 11.0. The van der Waals surface area contributed by atoms with E-state index in [1.54, 1.807) is 0 Å². The summed E-state index contributed by atoms with van der Waals surface area (Å²) in [5, 5.41) is 2.86. The molecule has 0 aliphatic carbocycles. The molecule has 0 unspecified atom stereocenters. The summed E-state index contributed by atoms with van der Waals surface area (Å²) in [6.45, 7) is 2.14. The van der Waals surface area contributed by atoms with Crippen molar-refractivity contribution in [1.82, 2.24) is 19.6 Å². The number of hydrogen-bond acceptors (Lipinski definition) is 4. The van der Waals surface area contributed by atoms with Crippen molar-refractivity contribution in [2.75, 3.05) is 0 Å². The summed E-state index contributed by atoms with van der Waals surface area (Å²) in [7, 11) is 0. The molecule has 3 N–H and O–H groups in total. The molecule has 0 fully saturated rings. The molecule has 2 rings (SSSR count). The molecule has 14 heavy (non-hydrogen) atoms. The molecule has 2 aromatic heterocycles. The lowest BCUT2D eigenvalue weighted by molar-refractivity contribution is 0.831. The van der Waals surface area contributed by atoms with Crippen molar-refractivity contribution >= 4 is 5.78 Å². The summed E-state index contributed by atoms with van der Waals surface area (Å²) in [4.78, 5) is 19.8. The van der Waals surface area contributed by atoms with Crippen LogP contribution in [0.15, 0.2) is 11.0 Å². The summed E-state index contributed by atoms with van der Waals surface area (Å²) in [6.07, 6.45) is 2.21. The molecule has 0 spiro atoms. The maximum atomic E-state index is 11.7. The Hall–Kier alpha value is -1.69. The Bertz CT molecular complexity index is 512. The summed E-state index contributed by atoms with van der Waals surface area (Å²) < 4.78 is 1.32. The zero-order valence-corrected chi connectivity index (χ0v) is 7.82. The van der Waals surface area contributed by atoms with Gasteiger partial charge in [0.25, 0.3) is 11.3 Å². The Morgan fingerprint density at radius 3 is 3.07 bits per heavy atom. The summed E-state index contributed by atoms with van der Waals surface area (Å²) in [5.41, 5.74) is 5.70. The van der Waals surface area contributed by atoms with Gasteiger partial charge in [-0.3, -0.25) is 9.89 Å². The first-order valence-electron chi connectivity index (χ1n) is 4.42. The minimum atomic E-state index is -0.176. The number of H-pyrrole nitrogens is 1. The molecule has 0 bridgehead atoms. The second-order valence-corrected chi connectivity index (χ2v) is 2.95. The first-order chi connectivity index (χ1) is 6.76. The molecule has 74 valence electrons. The molecular weight excluding hydrogens is 182 g/mol. The van der Waals surface area contributed by atoms with Crippen LogP contribution in [0, 0.1) is 0 Å². The zero-order chi connectivity index (χ0) is 10.1. The number of fused-ring (bicyclic) bond motifs is 1. The quantitative estimate of drug-likeness (QED) is 0.669. The Kier molecular flexibility index (Phi) is 2.05. The lowest BCUT2D eigenvalue weighted by atomic mass is 10.3. The van der Waals surface area contributed by atoms with Gasteiger partial charge in [0.15, 0.2) is 0 Å². The van der Waals surface area contributed by atoms with Crippen LogP contribution in [-0.4, -0.2) is 19.6 Å². The molecule has 0 saturated carbocycles. The Labute approximate surface area is 79.8 Å². The maximum absolute atomic E-state index is 11.7. The summed E-state index contributed by atoms with van der Waals surface area (Å²) in [6, 6.07) is 0. The number of aryl methyl sites for hydroxylation is 1. The smallest absolute Gasteiger partial charge is 0.278 e. The van der Waals surface area contributed by atoms with Gasteiger partial charge in [0.05, 0.1) is 5.56 Å². The monoisotopic (exact) mass is 193 g/mol. The van der Waals surface area contributed by atoms with E-state index in [2.05, 4.69) is 15.1 Å². The molecule has 0 aromatic carbocycles. The third-order valence-corrected chi connectivity index (χ3v) is 2.04. The molecule has 0 aliphatic heterocycles. The van der Waals surface area contributed by atoms with Crippen LogP contribution >= 0.6 is 0 Å². The van der Waals surface area contributed by atoms with Gasteiger partial charge in [-0.25, -0.2) is 4.98 Å². The van der Waals surface area contributed by atoms with E-state index in [9.17, 15) is 4.79 Å². The van der Waals surface area contributed by atoms with Crippen molar-refractivity contribution in [3.8, 4) is 0 Å². The molecule has 0 aliphatic rings. The molecule has 6 nitrogen and oxygen atoms in total. The van der Waals surface area contributed by atoms with E-state index in [-0.39, 0.29) is 12.1 Å². The fourth-order valence-corrected chi connectivity index (χ4v) is 1.24. The second kappa shape index (κ2) is 3.22. The number of nitrogens with zero attached hydrogens (tertiary/aromatic N) is 3. The molecule has 2 heterocycles. The number of nitrogens with one attached hydrogen (secondary N) is 1. The number of aromatic nitrogens is 4. The average Bonchev–Trinajstić information content (AvgIpc) is 2.62. The van der Waals surface area contributed by atoms with Gasteiger partial charge in [-0.2, -0.15) is 9.50 Å². The minimum absolute atomic E-state index is 0.176. The van der Waals surface area contributed by atoms with E-state index in [1.807, 2.05) is 6.92 Å². The molecule has 6 heteroatoms. The molecule has 0 atom stereocenters. The van der Waals surface area contributed by atoms with Crippen molar-refractivity contribution in [1.29, 1.82) is 0 Å². The molecular formula is C8H11N5O. The third kappa shape index (κ3) is 1.20. The predicted octanol–water partition coefficient (Wildman–Crippen LogP) is -0.561. The largest absolute Gasteiger partial charge is 0.326 e. The first-order valence-corrected chi connectivity index (χ1v) is 4.42. The van der Waals surface area contributed by atoms with Gasteiger partial charge >= 0.3 is 0 Å². The number of hydrogen-bond donors (Lipinski definition) is 2. The molecule has 0 radical (unpaired) electrons. The van der Waals surface area contributed by atoms with Crippen LogP contribution in [-0.2, 0) is 13.0 Å². The van der Waals surface area contributed by atoms with Gasteiger partial charge in [-0.05, 0) is 0 Å². The highest BCUT2D eigenvalue weighted by Crippen LogP contribution is 1.96. The molecule has 0 amide bonds. The highest BCUT2D eigenvalue weighted by Gasteiger charge is 2.06. The van der Waals surface area contributed by atoms with Crippen molar-refractivity contribution in [3.63, 3.8) is 0 Å². The Morgan fingerprint density at radius 1 is 1.64 bits per heavy atom. The van der Waals surface area contributed by atoms with Crippen molar-refractivity contribution in [3.05, 3.63) is 27.9 Å². The van der Waals surface area contributed by atoms with Crippen LogP contribution < -0.4 is 11.3 Å². The number of nitrogens with two attached hydrogens (primary N) is 1. The Morgan fingerprint density at radius 2 is 2.43 bits per heavy atom. The van der Waals surface area contributed by atoms with Gasteiger partial charge in [-0.15, -0.1) is 0 Å². The van der Waals surface area contributed by atoms with E-state index in [4.69, 9.17) is 5.73 Å². The van der Waals surface area contributed by atoms with E-state index >= 15 is 0 Å². The van der Waals surface area contributed by atoms with E-state index in [0.29, 0.717) is 11.3 Å². The summed E-state index contributed by atoms with van der Waals surface area (Å²) in [5.74, 6) is 1.13. The van der Waals surface area contributed by atoms with Crippen LogP contribution in [0.2, 0.25) is 0 Å². The van der Waals surface area contributed by atoms with Crippen molar-refractivity contribution in [2.45, 2.75) is 19.9 Å². The average molecular weight is 193 g/mol. The number of rotatable bonds is 2. The minimum Gasteiger partial charge on any atom is -0.326 e. The van der Waals surface area contributed by atoms with Gasteiger partial charge in [0, 0.05) is 19.2 Å². The van der Waals surface area contributed by atoms with E-state index < -0.39 is 0 Å². The highest BCUT2D eigenvalue weighted by molar-refractivity contribution is 5.27. The van der Waals surface area contributed by atoms with Crippen molar-refractivity contribution in [2.24, 2.45) is 5.73 Å². The van der Waals surface area contributed by atoms with Gasteiger partial charge in [0.1, 0.15) is 5.82 Å². The second-order valence-electron chi connectivity index (χ2n) is 2.95. The third-order valence-electron chi connectivity index (χ3n) is 2.04. The van der Waals surface area contributed by atoms with E-state index in [0.717, 1.165) is 12.2 Å². The lowest BCUT2D eigenvalue weighted by Crippen LogP contribution is -2.21.